The van der Waals surface area contributed by atoms with Gasteiger partial charge in [0.25, 0.3) is 5.91 Å². The third kappa shape index (κ3) is 5.11. The molecule has 0 radical (unpaired) electrons. The highest BCUT2D eigenvalue weighted by Gasteiger charge is 2.35. The van der Waals surface area contributed by atoms with Crippen LogP contribution in [0, 0.1) is 20.8 Å². The number of benzene rings is 2. The fourth-order valence-electron chi connectivity index (χ4n) is 4.13. The summed E-state index contributed by atoms with van der Waals surface area (Å²) >= 11 is 0. The Kier molecular flexibility index (Phi) is 6.73. The van der Waals surface area contributed by atoms with Gasteiger partial charge in [-0.25, -0.2) is 9.69 Å². The number of amides is 4. The summed E-state index contributed by atoms with van der Waals surface area (Å²) in [5.41, 5.74) is 5.38. The van der Waals surface area contributed by atoms with Crippen molar-refractivity contribution in [3.63, 3.8) is 0 Å². The van der Waals surface area contributed by atoms with Crippen LogP contribution in [-0.2, 0) is 9.59 Å². The van der Waals surface area contributed by atoms with Crippen LogP contribution in [0.5, 0.6) is 5.75 Å². The number of aromatic nitrogens is 1. The van der Waals surface area contributed by atoms with Gasteiger partial charge in [-0.15, -0.1) is 0 Å². The van der Waals surface area contributed by atoms with Gasteiger partial charge in [-0.05, 0) is 87.4 Å². The highest BCUT2D eigenvalue weighted by atomic mass is 16.5. The van der Waals surface area contributed by atoms with E-state index in [1.807, 2.05) is 76.2 Å². The van der Waals surface area contributed by atoms with Crippen molar-refractivity contribution in [1.29, 1.82) is 0 Å². The van der Waals surface area contributed by atoms with E-state index >= 15 is 0 Å². The Morgan fingerprint density at radius 2 is 1.80 bits per heavy atom. The Morgan fingerprint density at radius 3 is 2.49 bits per heavy atom. The van der Waals surface area contributed by atoms with Gasteiger partial charge in [-0.2, -0.15) is 0 Å². The quantitative estimate of drug-likeness (QED) is 0.395. The number of anilines is 1. The second-order valence-electron chi connectivity index (χ2n) is 8.39. The smallest absolute Gasteiger partial charge is 0.329 e. The number of nitrogens with zero attached hydrogens (tertiary/aromatic N) is 2. The fraction of sp³-hybridized carbons (Fsp3) is 0.222. The van der Waals surface area contributed by atoms with Crippen molar-refractivity contribution in [3.05, 3.63) is 82.8 Å². The number of aryl methyl sites for hydroxylation is 2. The van der Waals surface area contributed by atoms with Crippen LogP contribution < -0.4 is 15.4 Å². The first kappa shape index (κ1) is 23.8. The van der Waals surface area contributed by atoms with Crippen LogP contribution in [0.25, 0.3) is 11.8 Å². The van der Waals surface area contributed by atoms with Gasteiger partial charge in [0.15, 0.2) is 0 Å². The van der Waals surface area contributed by atoms with E-state index in [1.54, 1.807) is 12.1 Å². The summed E-state index contributed by atoms with van der Waals surface area (Å²) < 4.78 is 7.59. The summed E-state index contributed by atoms with van der Waals surface area (Å²) in [5, 5.41) is 5.31. The minimum Gasteiger partial charge on any atom is -0.494 e. The van der Waals surface area contributed by atoms with Crippen LogP contribution in [0.3, 0.4) is 0 Å². The summed E-state index contributed by atoms with van der Waals surface area (Å²) in [6, 6.07) is 16.4. The molecule has 0 bridgehead atoms. The lowest BCUT2D eigenvalue weighted by Gasteiger charge is -2.12. The third-order valence-electron chi connectivity index (χ3n) is 5.74. The van der Waals surface area contributed by atoms with Crippen molar-refractivity contribution in [1.82, 2.24) is 14.8 Å². The molecule has 3 aromatic rings. The molecule has 1 saturated heterocycles. The Balaban J connectivity index is 1.51. The molecule has 0 aliphatic carbocycles. The Labute approximate surface area is 204 Å². The minimum absolute atomic E-state index is 0.130. The molecule has 1 aromatic heterocycles. The van der Waals surface area contributed by atoms with Gasteiger partial charge >= 0.3 is 6.03 Å². The molecule has 8 heteroatoms. The highest BCUT2D eigenvalue weighted by Crippen LogP contribution is 2.25. The van der Waals surface area contributed by atoms with E-state index in [0.29, 0.717) is 12.3 Å². The normalized spacial score (nSPS) is 14.4. The van der Waals surface area contributed by atoms with Gasteiger partial charge in [-0.3, -0.25) is 9.59 Å². The van der Waals surface area contributed by atoms with Crippen molar-refractivity contribution < 1.29 is 19.1 Å². The molecule has 0 unspecified atom stereocenters. The average molecular weight is 473 g/mol. The molecule has 0 spiro atoms. The number of hydrogen-bond donors (Lipinski definition) is 2. The molecule has 35 heavy (non-hydrogen) atoms. The van der Waals surface area contributed by atoms with Gasteiger partial charge in [-0.1, -0.05) is 12.1 Å². The van der Waals surface area contributed by atoms with Crippen molar-refractivity contribution >= 4 is 29.6 Å². The fourth-order valence-corrected chi connectivity index (χ4v) is 4.13. The number of ether oxygens (including phenoxy) is 1. The lowest BCUT2D eigenvalue weighted by Crippen LogP contribution is -2.38. The molecule has 0 atom stereocenters. The minimum atomic E-state index is -0.624. The predicted molar refractivity (Wildman–Crippen MR) is 134 cm³/mol. The molecular formula is C27H28N4O4. The van der Waals surface area contributed by atoms with Gasteiger partial charge in [0.2, 0.25) is 5.91 Å². The van der Waals surface area contributed by atoms with Crippen LogP contribution in [0.4, 0.5) is 10.5 Å². The monoisotopic (exact) mass is 472 g/mol. The van der Waals surface area contributed by atoms with Crippen LogP contribution in [0.15, 0.2) is 60.3 Å². The SMILES string of the molecule is CCOc1ccc(-n2c(C)cc(/C=C3/NC(=O)N(CC(=O)Nc4cccc(C)c4)C3=O)c2C)cc1. The standard InChI is InChI=1S/C27H28N4O4/c1-5-35-23-11-9-22(10-12-23)31-18(3)14-20(19(31)4)15-24-26(33)30(27(34)29-24)16-25(32)28-21-8-6-7-17(2)13-21/h6-15H,5,16H2,1-4H3,(H,28,32)(H,29,34)/b24-15+. The first-order valence-corrected chi connectivity index (χ1v) is 11.4. The maximum atomic E-state index is 12.9. The second kappa shape index (κ2) is 9.89. The van der Waals surface area contributed by atoms with Crippen molar-refractivity contribution in [3.8, 4) is 11.4 Å². The van der Waals surface area contributed by atoms with Crippen LogP contribution in [0.2, 0.25) is 0 Å². The average Bonchev–Trinajstić information content (AvgIpc) is 3.24. The van der Waals surface area contributed by atoms with E-state index in [2.05, 4.69) is 15.2 Å². The van der Waals surface area contributed by atoms with Gasteiger partial charge in [0, 0.05) is 22.8 Å². The Hall–Kier alpha value is -4.33. The largest absolute Gasteiger partial charge is 0.494 e. The Morgan fingerprint density at radius 1 is 1.06 bits per heavy atom. The summed E-state index contributed by atoms with van der Waals surface area (Å²) in [4.78, 5) is 38.7. The number of carbonyl (C=O) groups excluding carboxylic acids is 3. The summed E-state index contributed by atoms with van der Waals surface area (Å²) in [5.74, 6) is -0.193. The van der Waals surface area contributed by atoms with E-state index in [-0.39, 0.29) is 12.2 Å². The Bertz CT molecular complexity index is 1320. The second-order valence-corrected chi connectivity index (χ2v) is 8.39. The summed E-state index contributed by atoms with van der Waals surface area (Å²) in [7, 11) is 0. The summed E-state index contributed by atoms with van der Waals surface area (Å²) in [6.45, 7) is 8.00. The third-order valence-corrected chi connectivity index (χ3v) is 5.74. The van der Waals surface area contributed by atoms with E-state index in [4.69, 9.17) is 4.74 Å². The number of rotatable bonds is 7. The van der Waals surface area contributed by atoms with Gasteiger partial charge in [0.1, 0.15) is 18.0 Å². The number of urea groups is 1. The predicted octanol–water partition coefficient (Wildman–Crippen LogP) is 4.33. The molecular weight excluding hydrogens is 444 g/mol. The molecule has 4 amide bonds. The van der Waals surface area contributed by atoms with Crippen LogP contribution in [0.1, 0.15) is 29.4 Å². The van der Waals surface area contributed by atoms with Crippen LogP contribution in [-0.4, -0.2) is 40.5 Å². The van der Waals surface area contributed by atoms with Crippen LogP contribution >= 0.6 is 0 Å². The molecule has 180 valence electrons. The molecule has 1 aliphatic rings. The van der Waals surface area contributed by atoms with Crippen molar-refractivity contribution in [2.75, 3.05) is 18.5 Å². The molecule has 8 nitrogen and oxygen atoms in total. The van der Waals surface area contributed by atoms with E-state index in [0.717, 1.165) is 38.9 Å². The molecule has 4 rings (SSSR count). The molecule has 1 aliphatic heterocycles. The first-order chi connectivity index (χ1) is 16.8. The lowest BCUT2D eigenvalue weighted by atomic mass is 10.2. The first-order valence-electron chi connectivity index (χ1n) is 11.4. The van der Waals surface area contributed by atoms with E-state index in [1.165, 1.54) is 0 Å². The zero-order chi connectivity index (χ0) is 25.1. The maximum absolute atomic E-state index is 12.9. The molecule has 2 aromatic carbocycles. The molecule has 0 saturated carbocycles. The number of hydrogen-bond acceptors (Lipinski definition) is 4. The van der Waals surface area contributed by atoms with E-state index in [9.17, 15) is 14.4 Å². The van der Waals surface area contributed by atoms with Gasteiger partial charge in [0.05, 0.1) is 6.61 Å². The summed E-state index contributed by atoms with van der Waals surface area (Å²) in [6.07, 6.45) is 1.64. The van der Waals surface area contributed by atoms with Gasteiger partial charge < -0.3 is 19.9 Å². The number of nitrogens with one attached hydrogen (secondary N) is 2. The molecule has 1 fully saturated rings. The zero-order valence-corrected chi connectivity index (χ0v) is 20.2. The zero-order valence-electron chi connectivity index (χ0n) is 20.2. The molecule has 2 heterocycles. The van der Waals surface area contributed by atoms with Crippen molar-refractivity contribution in [2.45, 2.75) is 27.7 Å². The van der Waals surface area contributed by atoms with Crippen molar-refractivity contribution in [2.24, 2.45) is 0 Å². The lowest BCUT2D eigenvalue weighted by molar-refractivity contribution is -0.127. The maximum Gasteiger partial charge on any atom is 0.329 e. The highest BCUT2D eigenvalue weighted by molar-refractivity contribution is 6.16. The number of carbonyl (C=O) groups is 3. The topological polar surface area (TPSA) is 92.7 Å². The van der Waals surface area contributed by atoms with E-state index < -0.39 is 17.8 Å². The number of imide groups is 1. The molecule has 2 N–H and O–H groups in total.